The summed E-state index contributed by atoms with van der Waals surface area (Å²) in [6.45, 7) is 4.17. The fourth-order valence-electron chi connectivity index (χ4n) is 1.13. The lowest BCUT2D eigenvalue weighted by Crippen LogP contribution is -2.07. The number of benzene rings is 1. The van der Waals surface area contributed by atoms with Crippen molar-refractivity contribution in [1.82, 2.24) is 4.90 Å². The summed E-state index contributed by atoms with van der Waals surface area (Å²) in [5.41, 5.74) is 3.54. The second kappa shape index (κ2) is 5.66. The molecule has 2 nitrogen and oxygen atoms in total. The molecule has 0 heterocycles. The van der Waals surface area contributed by atoms with E-state index in [0.717, 1.165) is 5.69 Å². The molecule has 0 unspecified atom stereocenters. The van der Waals surface area contributed by atoms with Gasteiger partial charge in [0, 0.05) is 14.1 Å². The van der Waals surface area contributed by atoms with Gasteiger partial charge in [0.25, 0.3) is 0 Å². The standard InChI is InChI=1S/C11H16N2.ClH/c1-9-5-6-11(10(2)7-9)12-8-13(3)4;/h5-8H,1-4H3;1H. The fourth-order valence-corrected chi connectivity index (χ4v) is 1.13. The summed E-state index contributed by atoms with van der Waals surface area (Å²) in [5, 5.41) is 0. The van der Waals surface area contributed by atoms with Crippen LogP contribution in [0.4, 0.5) is 5.69 Å². The lowest BCUT2D eigenvalue weighted by atomic mass is 10.1. The van der Waals surface area contributed by atoms with Gasteiger partial charge in [0.15, 0.2) is 0 Å². The van der Waals surface area contributed by atoms with E-state index in [2.05, 4.69) is 31.0 Å². The predicted molar refractivity (Wildman–Crippen MR) is 65.0 cm³/mol. The Labute approximate surface area is 92.1 Å². The summed E-state index contributed by atoms with van der Waals surface area (Å²) < 4.78 is 0. The molecule has 0 aliphatic rings. The van der Waals surface area contributed by atoms with Crippen LogP contribution in [0.2, 0.25) is 0 Å². The number of nitrogens with zero attached hydrogens (tertiary/aromatic N) is 2. The highest BCUT2D eigenvalue weighted by Gasteiger charge is 1.94. The highest BCUT2D eigenvalue weighted by atomic mass is 35.5. The Hall–Kier alpha value is -1.02. The van der Waals surface area contributed by atoms with E-state index in [4.69, 9.17) is 0 Å². The summed E-state index contributed by atoms with van der Waals surface area (Å²) in [6, 6.07) is 6.27. The Kier molecular flexibility index (Phi) is 5.24. The van der Waals surface area contributed by atoms with E-state index in [1.54, 1.807) is 0 Å². The molecule has 0 saturated heterocycles. The molecule has 0 bridgehead atoms. The van der Waals surface area contributed by atoms with E-state index in [1.807, 2.05) is 31.4 Å². The minimum absolute atomic E-state index is 0. The maximum Gasteiger partial charge on any atom is 0.0907 e. The van der Waals surface area contributed by atoms with Crippen LogP contribution >= 0.6 is 12.4 Å². The van der Waals surface area contributed by atoms with Crippen molar-refractivity contribution < 1.29 is 0 Å². The first kappa shape index (κ1) is 13.0. The summed E-state index contributed by atoms with van der Waals surface area (Å²) in [4.78, 5) is 6.28. The van der Waals surface area contributed by atoms with Crippen LogP contribution < -0.4 is 0 Å². The van der Waals surface area contributed by atoms with Crippen LogP contribution in [-0.4, -0.2) is 25.3 Å². The van der Waals surface area contributed by atoms with Gasteiger partial charge in [-0.25, -0.2) is 4.99 Å². The van der Waals surface area contributed by atoms with Gasteiger partial charge in [-0.2, -0.15) is 0 Å². The van der Waals surface area contributed by atoms with Crippen LogP contribution in [0.25, 0.3) is 0 Å². The van der Waals surface area contributed by atoms with Crippen molar-refractivity contribution in [2.24, 2.45) is 4.99 Å². The summed E-state index contributed by atoms with van der Waals surface area (Å²) in [5.74, 6) is 0. The molecule has 1 aromatic carbocycles. The van der Waals surface area contributed by atoms with Gasteiger partial charge in [-0.15, -0.1) is 12.4 Å². The Balaban J connectivity index is 0.00000169. The predicted octanol–water partition coefficient (Wildman–Crippen LogP) is 2.95. The van der Waals surface area contributed by atoms with Gasteiger partial charge >= 0.3 is 0 Å². The van der Waals surface area contributed by atoms with Crippen LogP contribution in [0.1, 0.15) is 11.1 Å². The van der Waals surface area contributed by atoms with Crippen LogP contribution in [0.3, 0.4) is 0 Å². The number of rotatable bonds is 2. The molecule has 0 aromatic heterocycles. The van der Waals surface area contributed by atoms with Crippen LogP contribution in [-0.2, 0) is 0 Å². The first-order chi connectivity index (χ1) is 6.09. The molecule has 78 valence electrons. The minimum Gasteiger partial charge on any atom is -0.369 e. The summed E-state index contributed by atoms with van der Waals surface area (Å²) in [6.07, 6.45) is 1.82. The highest BCUT2D eigenvalue weighted by molar-refractivity contribution is 5.85. The van der Waals surface area contributed by atoms with Crippen molar-refractivity contribution in [2.75, 3.05) is 14.1 Å². The quantitative estimate of drug-likeness (QED) is 0.544. The Bertz CT molecular complexity index is 319. The van der Waals surface area contributed by atoms with Crippen LogP contribution in [0.15, 0.2) is 23.2 Å². The molecular formula is C11H17ClN2. The van der Waals surface area contributed by atoms with Gasteiger partial charge in [0.1, 0.15) is 0 Å². The van der Waals surface area contributed by atoms with Crippen molar-refractivity contribution in [2.45, 2.75) is 13.8 Å². The van der Waals surface area contributed by atoms with E-state index in [1.165, 1.54) is 11.1 Å². The van der Waals surface area contributed by atoms with Crippen molar-refractivity contribution >= 4 is 24.4 Å². The summed E-state index contributed by atoms with van der Waals surface area (Å²) >= 11 is 0. The van der Waals surface area contributed by atoms with Gasteiger partial charge in [-0.1, -0.05) is 17.7 Å². The average Bonchev–Trinajstić information content (AvgIpc) is 2.02. The zero-order chi connectivity index (χ0) is 9.84. The Morgan fingerprint density at radius 1 is 1.21 bits per heavy atom. The number of halogens is 1. The monoisotopic (exact) mass is 212 g/mol. The first-order valence-corrected chi connectivity index (χ1v) is 4.37. The molecule has 0 amide bonds. The minimum atomic E-state index is 0. The first-order valence-electron chi connectivity index (χ1n) is 4.37. The van der Waals surface area contributed by atoms with Gasteiger partial charge in [0.2, 0.25) is 0 Å². The zero-order valence-electron chi connectivity index (χ0n) is 9.11. The molecule has 0 aliphatic carbocycles. The van der Waals surface area contributed by atoms with E-state index >= 15 is 0 Å². The number of aliphatic imine (C=N–C) groups is 1. The largest absolute Gasteiger partial charge is 0.369 e. The van der Waals surface area contributed by atoms with Gasteiger partial charge in [0.05, 0.1) is 12.0 Å². The molecular weight excluding hydrogens is 196 g/mol. The Morgan fingerprint density at radius 3 is 2.36 bits per heavy atom. The SMILES string of the molecule is Cc1ccc(N=CN(C)C)c(C)c1.Cl. The van der Waals surface area contributed by atoms with Gasteiger partial charge < -0.3 is 4.90 Å². The van der Waals surface area contributed by atoms with Crippen LogP contribution in [0, 0.1) is 13.8 Å². The topological polar surface area (TPSA) is 15.6 Å². The maximum absolute atomic E-state index is 4.35. The molecule has 0 radical (unpaired) electrons. The molecule has 1 aromatic rings. The van der Waals surface area contributed by atoms with E-state index in [9.17, 15) is 0 Å². The molecule has 0 spiro atoms. The molecule has 1 rings (SSSR count). The second-order valence-electron chi connectivity index (χ2n) is 3.50. The third kappa shape index (κ3) is 3.79. The normalized spacial score (nSPS) is 10.0. The molecule has 0 aliphatic heterocycles. The van der Waals surface area contributed by atoms with Gasteiger partial charge in [-0.3, -0.25) is 0 Å². The number of aryl methyl sites for hydroxylation is 2. The number of hydrogen-bond acceptors (Lipinski definition) is 1. The lowest BCUT2D eigenvalue weighted by molar-refractivity contribution is 0.643. The molecule has 3 heteroatoms. The smallest absolute Gasteiger partial charge is 0.0907 e. The molecule has 14 heavy (non-hydrogen) atoms. The van der Waals surface area contributed by atoms with Crippen molar-refractivity contribution in [3.05, 3.63) is 29.3 Å². The van der Waals surface area contributed by atoms with Crippen molar-refractivity contribution in [1.29, 1.82) is 0 Å². The van der Waals surface area contributed by atoms with Crippen molar-refractivity contribution in [3.8, 4) is 0 Å². The molecule has 0 saturated carbocycles. The Morgan fingerprint density at radius 2 is 1.86 bits per heavy atom. The van der Waals surface area contributed by atoms with E-state index < -0.39 is 0 Å². The highest BCUT2D eigenvalue weighted by Crippen LogP contribution is 2.18. The second-order valence-corrected chi connectivity index (χ2v) is 3.50. The average molecular weight is 213 g/mol. The van der Waals surface area contributed by atoms with Crippen molar-refractivity contribution in [3.63, 3.8) is 0 Å². The fraction of sp³-hybridized carbons (Fsp3) is 0.364. The van der Waals surface area contributed by atoms with Gasteiger partial charge in [-0.05, 0) is 25.5 Å². The molecule has 0 N–H and O–H groups in total. The third-order valence-corrected chi connectivity index (χ3v) is 1.78. The summed E-state index contributed by atoms with van der Waals surface area (Å²) in [7, 11) is 3.93. The van der Waals surface area contributed by atoms with E-state index in [0.29, 0.717) is 0 Å². The third-order valence-electron chi connectivity index (χ3n) is 1.78. The number of hydrogen-bond donors (Lipinski definition) is 0. The van der Waals surface area contributed by atoms with Crippen LogP contribution in [0.5, 0.6) is 0 Å². The lowest BCUT2D eigenvalue weighted by Gasteiger charge is -2.04. The molecule has 0 atom stereocenters. The molecule has 0 fully saturated rings. The van der Waals surface area contributed by atoms with E-state index in [-0.39, 0.29) is 12.4 Å². The zero-order valence-corrected chi connectivity index (χ0v) is 9.93. The maximum atomic E-state index is 4.35.